The van der Waals surface area contributed by atoms with Crippen molar-refractivity contribution in [2.75, 3.05) is 17.4 Å². The van der Waals surface area contributed by atoms with Crippen molar-refractivity contribution in [2.45, 2.75) is 32.1 Å². The van der Waals surface area contributed by atoms with Gasteiger partial charge in [0.1, 0.15) is 6.54 Å². The quantitative estimate of drug-likeness (QED) is 0.576. The number of anilines is 1. The lowest BCUT2D eigenvalue weighted by Crippen LogP contribution is -2.41. The molecule has 1 N–H and O–H groups in total. The van der Waals surface area contributed by atoms with E-state index in [2.05, 4.69) is 5.32 Å². The molecule has 0 spiro atoms. The smallest absolute Gasteiger partial charge is 0.264 e. The molecule has 5 nitrogen and oxygen atoms in total. The minimum atomic E-state index is -3.90. The Morgan fingerprint density at radius 2 is 1.45 bits per heavy atom. The van der Waals surface area contributed by atoms with Gasteiger partial charge in [0.25, 0.3) is 10.0 Å². The van der Waals surface area contributed by atoms with Crippen LogP contribution in [0.5, 0.6) is 0 Å². The molecule has 6 heteroatoms. The van der Waals surface area contributed by atoms with E-state index in [1.54, 1.807) is 36.4 Å². The SMILES string of the molecule is Cc1ccc(S(=O)(=O)N(CC(=O)NCCc2ccccc2)c2cc(C)cc(C)c2)cc1. The van der Waals surface area contributed by atoms with Gasteiger partial charge in [-0.3, -0.25) is 9.10 Å². The van der Waals surface area contributed by atoms with Crippen molar-refractivity contribution in [1.82, 2.24) is 5.32 Å². The number of nitrogens with one attached hydrogen (secondary N) is 1. The van der Waals surface area contributed by atoms with E-state index in [9.17, 15) is 13.2 Å². The summed E-state index contributed by atoms with van der Waals surface area (Å²) in [4.78, 5) is 12.9. The van der Waals surface area contributed by atoms with Crippen LogP contribution in [0.15, 0.2) is 77.7 Å². The molecule has 0 atom stereocenters. The second-order valence-corrected chi connectivity index (χ2v) is 9.62. The van der Waals surface area contributed by atoms with Gasteiger partial charge in [-0.2, -0.15) is 0 Å². The van der Waals surface area contributed by atoms with E-state index < -0.39 is 10.0 Å². The summed E-state index contributed by atoms with van der Waals surface area (Å²) in [6, 6.07) is 22.1. The summed E-state index contributed by atoms with van der Waals surface area (Å²) in [7, 11) is -3.90. The fourth-order valence-corrected chi connectivity index (χ4v) is 4.83. The Balaban J connectivity index is 1.83. The van der Waals surface area contributed by atoms with E-state index in [0.717, 1.165) is 22.3 Å². The standard InChI is InChI=1S/C25H28N2O3S/c1-19-9-11-24(12-10-19)31(29,30)27(23-16-20(2)15-21(3)17-23)18-25(28)26-14-13-22-7-5-4-6-8-22/h4-12,15-17H,13-14,18H2,1-3H3,(H,26,28). The van der Waals surface area contributed by atoms with Crippen molar-refractivity contribution < 1.29 is 13.2 Å². The highest BCUT2D eigenvalue weighted by molar-refractivity contribution is 7.92. The number of carbonyl (C=O) groups is 1. The highest BCUT2D eigenvalue weighted by atomic mass is 32.2. The largest absolute Gasteiger partial charge is 0.354 e. The number of sulfonamides is 1. The molecule has 3 aromatic rings. The molecular weight excluding hydrogens is 408 g/mol. The maximum Gasteiger partial charge on any atom is 0.264 e. The second-order valence-electron chi connectivity index (χ2n) is 7.76. The third kappa shape index (κ3) is 5.95. The van der Waals surface area contributed by atoms with Crippen LogP contribution in [-0.4, -0.2) is 27.4 Å². The zero-order valence-corrected chi connectivity index (χ0v) is 18.9. The van der Waals surface area contributed by atoms with Crippen LogP contribution in [0.4, 0.5) is 5.69 Å². The van der Waals surface area contributed by atoms with E-state index in [1.165, 1.54) is 4.31 Å². The molecule has 0 aliphatic heterocycles. The van der Waals surface area contributed by atoms with Crippen molar-refractivity contribution >= 4 is 21.6 Å². The highest BCUT2D eigenvalue weighted by Gasteiger charge is 2.27. The maximum atomic E-state index is 13.4. The number of hydrogen-bond acceptors (Lipinski definition) is 3. The number of aryl methyl sites for hydroxylation is 3. The average molecular weight is 437 g/mol. The van der Waals surface area contributed by atoms with Gasteiger partial charge in [0.05, 0.1) is 10.6 Å². The fraction of sp³-hybridized carbons (Fsp3) is 0.240. The van der Waals surface area contributed by atoms with Crippen LogP contribution in [0.2, 0.25) is 0 Å². The first-order valence-electron chi connectivity index (χ1n) is 10.2. The van der Waals surface area contributed by atoms with Crippen molar-refractivity contribution in [3.05, 3.63) is 95.1 Å². The Morgan fingerprint density at radius 1 is 0.839 bits per heavy atom. The minimum Gasteiger partial charge on any atom is -0.354 e. The van der Waals surface area contributed by atoms with Gasteiger partial charge in [-0.1, -0.05) is 54.1 Å². The second kappa shape index (κ2) is 9.79. The first kappa shape index (κ1) is 22.6. The van der Waals surface area contributed by atoms with Crippen molar-refractivity contribution in [1.29, 1.82) is 0 Å². The molecule has 0 fully saturated rings. The Labute approximate surface area is 184 Å². The van der Waals surface area contributed by atoms with Gasteiger partial charge < -0.3 is 5.32 Å². The lowest BCUT2D eigenvalue weighted by Gasteiger charge is -2.25. The normalized spacial score (nSPS) is 11.2. The summed E-state index contributed by atoms with van der Waals surface area (Å²) in [5, 5.41) is 2.85. The van der Waals surface area contributed by atoms with Gasteiger partial charge in [-0.25, -0.2) is 8.42 Å². The predicted molar refractivity (Wildman–Crippen MR) is 125 cm³/mol. The lowest BCUT2D eigenvalue weighted by molar-refractivity contribution is -0.119. The Kier molecular flexibility index (Phi) is 7.13. The molecule has 0 saturated heterocycles. The molecule has 0 aliphatic rings. The zero-order chi connectivity index (χ0) is 22.4. The number of amides is 1. The Hall–Kier alpha value is -3.12. The third-order valence-electron chi connectivity index (χ3n) is 4.97. The number of rotatable bonds is 8. The van der Waals surface area contributed by atoms with Gasteiger partial charge in [-0.15, -0.1) is 0 Å². The van der Waals surface area contributed by atoms with Crippen LogP contribution in [0.25, 0.3) is 0 Å². The summed E-state index contributed by atoms with van der Waals surface area (Å²) < 4.78 is 28.1. The van der Waals surface area contributed by atoms with Crippen molar-refractivity contribution in [2.24, 2.45) is 0 Å². The maximum absolute atomic E-state index is 13.4. The van der Waals surface area contributed by atoms with E-state index in [1.807, 2.05) is 57.2 Å². The van der Waals surface area contributed by atoms with Gasteiger partial charge in [-0.05, 0) is 68.1 Å². The van der Waals surface area contributed by atoms with E-state index in [4.69, 9.17) is 0 Å². The number of hydrogen-bond donors (Lipinski definition) is 1. The summed E-state index contributed by atoms with van der Waals surface area (Å²) in [5.41, 5.74) is 4.43. The Bertz CT molecular complexity index is 1120. The summed E-state index contributed by atoms with van der Waals surface area (Å²) in [5.74, 6) is -0.342. The van der Waals surface area contributed by atoms with Crippen LogP contribution < -0.4 is 9.62 Å². The molecule has 0 bridgehead atoms. The summed E-state index contributed by atoms with van der Waals surface area (Å²) >= 11 is 0. The van der Waals surface area contributed by atoms with Crippen molar-refractivity contribution in [3.8, 4) is 0 Å². The molecule has 3 aromatic carbocycles. The third-order valence-corrected chi connectivity index (χ3v) is 6.76. The van der Waals surface area contributed by atoms with Gasteiger partial charge in [0.15, 0.2) is 0 Å². The predicted octanol–water partition coefficient (Wildman–Crippen LogP) is 4.17. The number of nitrogens with zero attached hydrogens (tertiary/aromatic N) is 1. The van der Waals surface area contributed by atoms with Crippen LogP contribution >= 0.6 is 0 Å². The molecule has 1 amide bonds. The topological polar surface area (TPSA) is 66.5 Å². The zero-order valence-electron chi connectivity index (χ0n) is 18.1. The van der Waals surface area contributed by atoms with E-state index in [0.29, 0.717) is 18.7 Å². The molecule has 0 aromatic heterocycles. The lowest BCUT2D eigenvalue weighted by atomic mass is 10.1. The molecule has 162 valence electrons. The van der Waals surface area contributed by atoms with E-state index >= 15 is 0 Å². The van der Waals surface area contributed by atoms with Gasteiger partial charge in [0, 0.05) is 6.54 Å². The Morgan fingerprint density at radius 3 is 2.06 bits per heavy atom. The van der Waals surface area contributed by atoms with Crippen LogP contribution in [0.3, 0.4) is 0 Å². The van der Waals surface area contributed by atoms with Gasteiger partial charge >= 0.3 is 0 Å². The van der Waals surface area contributed by atoms with Crippen LogP contribution in [0.1, 0.15) is 22.3 Å². The van der Waals surface area contributed by atoms with Crippen LogP contribution in [0, 0.1) is 20.8 Å². The molecule has 0 unspecified atom stereocenters. The molecular formula is C25H28N2O3S. The molecule has 0 saturated carbocycles. The highest BCUT2D eigenvalue weighted by Crippen LogP contribution is 2.26. The van der Waals surface area contributed by atoms with Crippen LogP contribution in [-0.2, 0) is 21.2 Å². The monoisotopic (exact) mass is 436 g/mol. The minimum absolute atomic E-state index is 0.161. The first-order chi connectivity index (χ1) is 14.8. The molecule has 0 radical (unpaired) electrons. The number of carbonyl (C=O) groups excluding carboxylic acids is 1. The fourth-order valence-electron chi connectivity index (χ4n) is 3.42. The first-order valence-corrected chi connectivity index (χ1v) is 11.7. The number of benzene rings is 3. The molecule has 31 heavy (non-hydrogen) atoms. The summed E-state index contributed by atoms with van der Waals surface area (Å²) in [6.45, 7) is 5.88. The summed E-state index contributed by atoms with van der Waals surface area (Å²) in [6.07, 6.45) is 0.681. The van der Waals surface area contributed by atoms with E-state index in [-0.39, 0.29) is 17.3 Å². The average Bonchev–Trinajstić information content (AvgIpc) is 2.72. The van der Waals surface area contributed by atoms with Crippen molar-refractivity contribution in [3.63, 3.8) is 0 Å². The molecule has 0 aliphatic carbocycles. The van der Waals surface area contributed by atoms with Gasteiger partial charge in [0.2, 0.25) is 5.91 Å². The molecule has 0 heterocycles. The molecule has 3 rings (SSSR count).